The lowest BCUT2D eigenvalue weighted by Crippen LogP contribution is -2.30. The molecule has 0 aromatic heterocycles. The van der Waals surface area contributed by atoms with Gasteiger partial charge in [-0.2, -0.15) is 0 Å². The summed E-state index contributed by atoms with van der Waals surface area (Å²) >= 11 is 0. The molecule has 0 amide bonds. The minimum absolute atomic E-state index is 0.0320. The van der Waals surface area contributed by atoms with Crippen LogP contribution in [0, 0.1) is 0 Å². The van der Waals surface area contributed by atoms with Gasteiger partial charge < -0.3 is 15.4 Å². The first-order valence-corrected chi connectivity index (χ1v) is 5.33. The predicted octanol–water partition coefficient (Wildman–Crippen LogP) is 1.47. The maximum atomic E-state index is 6.00. The number of nitrogens with two attached hydrogens (primary N) is 1. The molecule has 0 aliphatic carbocycles. The predicted molar refractivity (Wildman–Crippen MR) is 61.5 cm³/mol. The molecule has 0 aliphatic rings. The number of hydrogen-bond acceptors (Lipinski definition) is 3. The molecule has 14 heavy (non-hydrogen) atoms. The minimum atomic E-state index is -0.0320. The molecular weight excluding hydrogens is 176 g/mol. The molecule has 0 bridgehead atoms. The van der Waals surface area contributed by atoms with Gasteiger partial charge in [-0.25, -0.2) is 0 Å². The fourth-order valence-corrected chi connectivity index (χ4v) is 1.20. The van der Waals surface area contributed by atoms with Crippen molar-refractivity contribution >= 4 is 0 Å². The van der Waals surface area contributed by atoms with E-state index in [0.717, 1.165) is 25.8 Å². The van der Waals surface area contributed by atoms with E-state index >= 15 is 0 Å². The summed E-state index contributed by atoms with van der Waals surface area (Å²) in [5.41, 5.74) is 5.97. The van der Waals surface area contributed by atoms with E-state index in [1.54, 1.807) is 7.11 Å². The third kappa shape index (κ3) is 7.30. The van der Waals surface area contributed by atoms with Gasteiger partial charge in [0.25, 0.3) is 0 Å². The minimum Gasteiger partial charge on any atom is -0.379 e. The third-order valence-corrected chi connectivity index (χ3v) is 2.62. The highest BCUT2D eigenvalue weighted by atomic mass is 16.5. The van der Waals surface area contributed by atoms with Crippen molar-refractivity contribution < 1.29 is 4.74 Å². The highest BCUT2D eigenvalue weighted by Gasteiger charge is 2.17. The van der Waals surface area contributed by atoms with Crippen LogP contribution in [0.4, 0.5) is 0 Å². The maximum Gasteiger partial charge on any atom is 0.0623 e. The van der Waals surface area contributed by atoms with Gasteiger partial charge in [0.1, 0.15) is 0 Å². The van der Waals surface area contributed by atoms with Crippen molar-refractivity contribution in [2.24, 2.45) is 5.73 Å². The summed E-state index contributed by atoms with van der Waals surface area (Å²) in [6.45, 7) is 5.27. The Morgan fingerprint density at radius 3 is 2.29 bits per heavy atom. The second-order valence-electron chi connectivity index (χ2n) is 4.85. The van der Waals surface area contributed by atoms with Crippen LogP contribution in [-0.4, -0.2) is 44.3 Å². The third-order valence-electron chi connectivity index (χ3n) is 2.62. The quantitative estimate of drug-likeness (QED) is 0.679. The maximum absolute atomic E-state index is 6.00. The van der Waals surface area contributed by atoms with Gasteiger partial charge in [0.05, 0.1) is 5.60 Å². The lowest BCUT2D eigenvalue weighted by Gasteiger charge is -2.24. The summed E-state index contributed by atoms with van der Waals surface area (Å²) in [7, 11) is 5.91. The molecule has 0 rings (SSSR count). The average molecular weight is 202 g/mol. The van der Waals surface area contributed by atoms with E-state index in [9.17, 15) is 0 Å². The number of methoxy groups -OCH3 is 1. The summed E-state index contributed by atoms with van der Waals surface area (Å²) in [6.07, 6.45) is 3.12. The molecule has 0 saturated heterocycles. The molecule has 1 atom stereocenters. The second-order valence-corrected chi connectivity index (χ2v) is 4.85. The molecule has 0 spiro atoms. The molecule has 0 aromatic rings. The van der Waals surface area contributed by atoms with Gasteiger partial charge in [-0.3, -0.25) is 0 Å². The Hall–Kier alpha value is -0.120. The van der Waals surface area contributed by atoms with Gasteiger partial charge in [-0.05, 0) is 53.8 Å². The van der Waals surface area contributed by atoms with E-state index < -0.39 is 0 Å². The van der Waals surface area contributed by atoms with Crippen LogP contribution in [0.25, 0.3) is 0 Å². The van der Waals surface area contributed by atoms with Crippen molar-refractivity contribution in [2.75, 3.05) is 27.7 Å². The normalized spacial score (nSPS) is 14.8. The molecule has 0 radical (unpaired) electrons. The van der Waals surface area contributed by atoms with Crippen LogP contribution >= 0.6 is 0 Å². The van der Waals surface area contributed by atoms with Crippen LogP contribution in [0.5, 0.6) is 0 Å². The lowest BCUT2D eigenvalue weighted by atomic mass is 9.98. The first-order valence-electron chi connectivity index (χ1n) is 5.33. The molecule has 3 nitrogen and oxygen atoms in total. The summed E-state index contributed by atoms with van der Waals surface area (Å²) in [6, 6.07) is 0.298. The Bertz CT molecular complexity index is 146. The van der Waals surface area contributed by atoms with Crippen LogP contribution in [0.1, 0.15) is 33.1 Å². The van der Waals surface area contributed by atoms with E-state index in [1.807, 2.05) is 0 Å². The van der Waals surface area contributed by atoms with Gasteiger partial charge in [0, 0.05) is 13.2 Å². The van der Waals surface area contributed by atoms with Crippen molar-refractivity contribution in [3.05, 3.63) is 0 Å². The van der Waals surface area contributed by atoms with Crippen LogP contribution < -0.4 is 5.73 Å². The number of rotatable bonds is 7. The molecule has 0 heterocycles. The van der Waals surface area contributed by atoms with Gasteiger partial charge in [-0.1, -0.05) is 0 Å². The molecule has 1 unspecified atom stereocenters. The largest absolute Gasteiger partial charge is 0.379 e. The number of ether oxygens (including phenoxy) is 1. The van der Waals surface area contributed by atoms with Crippen molar-refractivity contribution in [3.63, 3.8) is 0 Å². The number of hydrogen-bond donors (Lipinski definition) is 1. The lowest BCUT2D eigenvalue weighted by molar-refractivity contribution is 0.0122. The second kappa shape index (κ2) is 6.38. The molecule has 0 aliphatic heterocycles. The van der Waals surface area contributed by atoms with E-state index in [2.05, 4.69) is 32.8 Å². The summed E-state index contributed by atoms with van der Waals surface area (Å²) in [5, 5.41) is 0. The first-order chi connectivity index (χ1) is 6.37. The Morgan fingerprint density at radius 2 is 1.86 bits per heavy atom. The fraction of sp³-hybridized carbons (Fsp3) is 1.00. The SMILES string of the molecule is COC(C)(C)CCC(N)CCN(C)C. The van der Waals surface area contributed by atoms with Gasteiger partial charge in [0.2, 0.25) is 0 Å². The van der Waals surface area contributed by atoms with Gasteiger partial charge >= 0.3 is 0 Å². The summed E-state index contributed by atoms with van der Waals surface area (Å²) in [5.74, 6) is 0. The van der Waals surface area contributed by atoms with E-state index in [0.29, 0.717) is 6.04 Å². The van der Waals surface area contributed by atoms with Gasteiger partial charge in [0.15, 0.2) is 0 Å². The Kier molecular flexibility index (Phi) is 6.33. The Labute approximate surface area is 88.6 Å². The van der Waals surface area contributed by atoms with E-state index in [-0.39, 0.29) is 5.60 Å². The van der Waals surface area contributed by atoms with Crippen LogP contribution in [0.2, 0.25) is 0 Å². The summed E-state index contributed by atoms with van der Waals surface area (Å²) in [4.78, 5) is 2.17. The summed E-state index contributed by atoms with van der Waals surface area (Å²) < 4.78 is 5.35. The molecule has 0 fully saturated rings. The molecule has 86 valence electrons. The zero-order chi connectivity index (χ0) is 11.2. The monoisotopic (exact) mass is 202 g/mol. The molecular formula is C11H26N2O. The highest BCUT2D eigenvalue weighted by molar-refractivity contribution is 4.72. The molecule has 0 saturated carbocycles. The number of nitrogens with zero attached hydrogens (tertiary/aromatic N) is 1. The smallest absolute Gasteiger partial charge is 0.0623 e. The highest BCUT2D eigenvalue weighted by Crippen LogP contribution is 2.16. The van der Waals surface area contributed by atoms with Crippen molar-refractivity contribution in [3.8, 4) is 0 Å². The standard InChI is InChI=1S/C11H26N2O/c1-11(2,14-5)8-6-10(12)7-9-13(3)4/h10H,6-9,12H2,1-5H3. The average Bonchev–Trinajstić information content (AvgIpc) is 2.11. The van der Waals surface area contributed by atoms with Crippen molar-refractivity contribution in [2.45, 2.75) is 44.8 Å². The van der Waals surface area contributed by atoms with E-state index in [1.165, 1.54) is 0 Å². The van der Waals surface area contributed by atoms with Gasteiger partial charge in [-0.15, -0.1) is 0 Å². The Balaban J connectivity index is 3.58. The van der Waals surface area contributed by atoms with Crippen LogP contribution in [0.15, 0.2) is 0 Å². The fourth-order valence-electron chi connectivity index (χ4n) is 1.20. The van der Waals surface area contributed by atoms with Crippen LogP contribution in [-0.2, 0) is 4.74 Å². The van der Waals surface area contributed by atoms with Crippen LogP contribution in [0.3, 0.4) is 0 Å². The zero-order valence-electron chi connectivity index (χ0n) is 10.3. The Morgan fingerprint density at radius 1 is 1.29 bits per heavy atom. The molecule has 0 aromatic carbocycles. The van der Waals surface area contributed by atoms with Crippen molar-refractivity contribution in [1.82, 2.24) is 4.90 Å². The first kappa shape index (κ1) is 13.9. The van der Waals surface area contributed by atoms with E-state index in [4.69, 9.17) is 10.5 Å². The molecule has 3 heteroatoms. The molecule has 2 N–H and O–H groups in total. The zero-order valence-corrected chi connectivity index (χ0v) is 10.3. The topological polar surface area (TPSA) is 38.5 Å². The van der Waals surface area contributed by atoms with Crippen molar-refractivity contribution in [1.29, 1.82) is 0 Å².